The summed E-state index contributed by atoms with van der Waals surface area (Å²) in [6.07, 6.45) is 11.6. The number of hydrogen-bond acceptors (Lipinski definition) is 28. The van der Waals surface area contributed by atoms with Gasteiger partial charge in [0.25, 0.3) is 41.1 Å². The Morgan fingerprint density at radius 1 is 0.448 bits per heavy atom. The first-order valence-electron chi connectivity index (χ1n) is 43.9. The van der Waals surface area contributed by atoms with Gasteiger partial charge in [-0.2, -0.15) is 4.90 Å². The topological polar surface area (TPSA) is 548 Å². The molecule has 5 aromatic carbocycles. The van der Waals surface area contributed by atoms with E-state index in [2.05, 4.69) is 36.6 Å². The fraction of sp³-hybridized carbons (Fsp3) is 0.436. The number of unbranched alkanes of at least 4 members (excludes halogenated alkanes) is 4. The van der Waals surface area contributed by atoms with Gasteiger partial charge in [-0.3, -0.25) is 76.6 Å². The summed E-state index contributed by atoms with van der Waals surface area (Å²) in [5.74, 6) is -5.28. The summed E-state index contributed by atoms with van der Waals surface area (Å²) in [4.78, 5) is 211. The molecule has 13 amide bonds. The first-order valence-corrected chi connectivity index (χ1v) is 42.4. The number of anilines is 4. The molecule has 3 aliphatic rings. The number of nitrogens with two attached hydrogens (primary N) is 1. The molecular weight excluding hydrogens is 1750 g/mol. The van der Waals surface area contributed by atoms with Crippen LogP contribution in [-0.2, 0) is 108 Å². The number of amides is 13. The van der Waals surface area contributed by atoms with Crippen LogP contribution in [0.2, 0.25) is 0 Å². The molecule has 3 aliphatic heterocycles. The lowest BCUT2D eigenvalue weighted by atomic mass is 9.95. The van der Waals surface area contributed by atoms with Gasteiger partial charge in [0.15, 0.2) is 0 Å². The van der Waals surface area contributed by atoms with Crippen LogP contribution in [0.15, 0.2) is 158 Å². The Bertz CT molecular complexity index is 4800. The molecule has 8 rings (SSSR count). The van der Waals surface area contributed by atoms with Gasteiger partial charge in [0, 0.05) is 135 Å². The van der Waals surface area contributed by atoms with E-state index in [-0.39, 0.29) is 128 Å². The third kappa shape index (κ3) is 47.7. The summed E-state index contributed by atoms with van der Waals surface area (Å²) in [7, 11) is -0.902. The summed E-state index contributed by atoms with van der Waals surface area (Å²) < 4.78 is 55.5. The van der Waals surface area contributed by atoms with Crippen LogP contribution in [0.25, 0.3) is 0 Å². The van der Waals surface area contributed by atoms with Crippen molar-refractivity contribution < 1.29 is 137 Å². The van der Waals surface area contributed by atoms with E-state index in [1.165, 1.54) is 74.2 Å². The number of alkyl halides is 2. The summed E-state index contributed by atoms with van der Waals surface area (Å²) >= 11 is 0. The summed E-state index contributed by atoms with van der Waals surface area (Å²) in [6.45, 7) is 16.4. The van der Waals surface area contributed by atoms with Crippen LogP contribution < -0.4 is 42.4 Å². The number of aliphatic hydroxyl groups excluding tert-OH is 3. The van der Waals surface area contributed by atoms with E-state index in [0.717, 1.165) is 40.9 Å². The zero-order valence-corrected chi connectivity index (χ0v) is 76.8. The van der Waals surface area contributed by atoms with E-state index in [1.807, 2.05) is 20.8 Å². The van der Waals surface area contributed by atoms with Crippen molar-refractivity contribution in [3.05, 3.63) is 190 Å². The molecule has 38 nitrogen and oxygen atoms in total. The number of benzene rings is 5. The lowest BCUT2D eigenvalue weighted by Gasteiger charge is -2.20. The second-order valence-corrected chi connectivity index (χ2v) is 32.0. The van der Waals surface area contributed by atoms with Crippen molar-refractivity contribution in [1.82, 2.24) is 25.3 Å². The number of non-ortho nitro benzene ring substituents is 1. The zero-order valence-electron chi connectivity index (χ0n) is 78.8. The van der Waals surface area contributed by atoms with Crippen LogP contribution in [0.1, 0.15) is 184 Å². The van der Waals surface area contributed by atoms with Gasteiger partial charge in [0.05, 0.1) is 54.9 Å². The minimum atomic E-state index is -1.00. The molecule has 0 spiro atoms. The normalized spacial score (nSPS) is 13.2. The Labute approximate surface area is 778 Å². The van der Waals surface area contributed by atoms with E-state index in [1.54, 1.807) is 118 Å². The number of methoxy groups -OCH3 is 1. The predicted octanol–water partition coefficient (Wildman–Crippen LogP) is 12.1. The van der Waals surface area contributed by atoms with E-state index in [4.69, 9.17) is 42.7 Å². The number of alkyl carbamates (subject to hydrolysis) is 2. The molecule has 0 radical (unpaired) electrons. The maximum atomic E-state index is 12.8. The number of halogens is 2. The largest absolute Gasteiger partial charge is 0.514 e. The molecule has 0 aliphatic carbocycles. The quantitative estimate of drug-likeness (QED) is 0.00330. The standard InChI is InChI=1S/C27H27N3O9.C21H32N2O5.C20H24N2O5.C18H29N3O4.C6H5NO4.2CH3F/c1-18(31)16-20(4-2-3-15-29-24(32)13-14-25(29)33)26(34)28-21-7-5-19(6-8-21)17-38-27(35)39-23-11-9-22(10-12-23)30(36)37;1-15(25)13-17(7-5-6-12-22-20(27)28-21(2,3)4)19(26)23-18-10-8-16(14-24)9-11-18;1-14(24)12-16(4-2-3-11-22-18(25)9-10-19(22)26)20(27)21-17-7-5-15(13-23)6-8-17;1-18(2,3)25-17(24)20-11-5-4-6-15(19)16(23)21-14-9-7-13(12-22)8-10-14;1-11-6(10)7-4(8)2-3-5(7)9;2*1-2/h5-14,20H,2-4,15-17H2,1H3,(H,28,34);8-11,17,24H,5-7,12-14H2,1-4H3,(H,22,27)(H,23,26);5-10,16,23H,2-4,11-13H2,1H3,(H,21,27);7-10,15,22H,4-6,11-12,19H2,1-3H3,(H,20,24)(H,21,23);2-3H,1H3;2*1H3/t20-;17-;16-;15-;;;/m1110.../s1/i;;;;;2*1D. The van der Waals surface area contributed by atoms with Crippen LogP contribution in [0.5, 0.6) is 5.75 Å². The molecular formula is C94H123F2N11O27. The number of imide groups is 5. The number of carbonyl (C=O) groups is 17. The van der Waals surface area contributed by atoms with Crippen molar-refractivity contribution in [2.45, 2.75) is 202 Å². The SMILES string of the molecule is CC(=O)C[C@@H](CCCCN1C(=O)C=CC1=O)C(=O)Nc1ccc(CO)cc1.CC(=O)C[C@@H](CCCCN1C(=O)C=CC1=O)C(=O)Nc1ccc(COC(=O)Oc2ccc([N+](=O)[O-])cc2)cc1.CC(=O)C[C@@H](CCCCNC(=O)OC(C)(C)C)C(=O)Nc1ccc(CO)cc1.CC(C)(C)OC(=O)NCCCC[C@H](N)C(=O)Nc1ccc(CO)cc1.COC(=O)N1C(=O)C=CC1=O.[2H]CF.[2H]CF. The Kier molecular flexibility index (Phi) is 52.3. The number of nitro groups is 1. The van der Waals surface area contributed by atoms with Gasteiger partial charge < -0.3 is 91.0 Å². The molecule has 0 unspecified atom stereocenters. The minimum absolute atomic E-state index is 0.0366. The minimum Gasteiger partial charge on any atom is -0.452 e. The lowest BCUT2D eigenvalue weighted by molar-refractivity contribution is -0.384. The molecule has 0 saturated carbocycles. The number of Topliss-reactive ketones (excluding diaryl/α,β-unsaturated/α-hetero) is 3. The van der Waals surface area contributed by atoms with Gasteiger partial charge in [0.1, 0.15) is 40.9 Å². The average Bonchev–Trinajstić information content (AvgIpc) is 1.73. The number of nitrogens with zero attached hydrogens (tertiary/aromatic N) is 4. The van der Waals surface area contributed by atoms with Crippen molar-refractivity contribution in [2.24, 2.45) is 23.5 Å². The molecule has 0 bridgehead atoms. The number of nitro benzene ring substituents is 1. The van der Waals surface area contributed by atoms with Gasteiger partial charge in [-0.1, -0.05) is 67.8 Å². The Balaban J connectivity index is 0.000000586. The molecule has 4 atom stereocenters. The van der Waals surface area contributed by atoms with Crippen LogP contribution in [-0.4, -0.2) is 201 Å². The lowest BCUT2D eigenvalue weighted by Crippen LogP contribution is -2.36. The fourth-order valence-electron chi connectivity index (χ4n) is 12.1. The highest BCUT2D eigenvalue weighted by Crippen LogP contribution is 2.25. The van der Waals surface area contributed by atoms with Gasteiger partial charge in [-0.15, -0.1) is 0 Å². The highest BCUT2D eigenvalue weighted by atomic mass is 19.1. The molecule has 0 fully saturated rings. The molecule has 0 aromatic heterocycles. The van der Waals surface area contributed by atoms with Gasteiger partial charge in [0.2, 0.25) is 23.6 Å². The predicted molar refractivity (Wildman–Crippen MR) is 489 cm³/mol. The van der Waals surface area contributed by atoms with Gasteiger partial charge in [-0.25, -0.2) is 19.2 Å². The van der Waals surface area contributed by atoms with Gasteiger partial charge >= 0.3 is 24.4 Å². The third-order valence-corrected chi connectivity index (χ3v) is 18.7. The number of carbonyl (C=O) groups excluding carboxylic acids is 17. The third-order valence-electron chi connectivity index (χ3n) is 18.7. The van der Waals surface area contributed by atoms with Crippen LogP contribution in [0.4, 0.5) is 56.4 Å². The average molecular weight is 1880 g/mol. The number of aliphatic hydroxyl groups is 3. The fourth-order valence-corrected chi connectivity index (χ4v) is 12.1. The number of rotatable bonds is 41. The van der Waals surface area contributed by atoms with Crippen molar-refractivity contribution in [3.8, 4) is 5.75 Å². The second kappa shape index (κ2) is 62.4. The Morgan fingerprint density at radius 2 is 0.746 bits per heavy atom. The number of hydrogen-bond donors (Lipinski definition) is 10. The smallest absolute Gasteiger partial charge is 0.452 e. The van der Waals surface area contributed by atoms with E-state index < -0.39 is 90.5 Å². The number of nitrogens with one attached hydrogen (secondary N) is 6. The highest BCUT2D eigenvalue weighted by molar-refractivity contribution is 6.21. The summed E-state index contributed by atoms with van der Waals surface area (Å²) in [6, 6.07) is 31.6. The maximum absolute atomic E-state index is 12.8. The van der Waals surface area contributed by atoms with Crippen LogP contribution in [0.3, 0.4) is 0 Å². The molecule has 0 saturated heterocycles. The van der Waals surface area contributed by atoms with Crippen molar-refractivity contribution in [2.75, 3.05) is 68.9 Å². The molecule has 40 heteroatoms. The second-order valence-electron chi connectivity index (χ2n) is 32.0. The summed E-state index contributed by atoms with van der Waals surface area (Å²) in [5.41, 5.74) is 9.96. The molecule has 3 heterocycles. The number of ether oxygens (including phenoxy) is 5. The maximum Gasteiger partial charge on any atom is 0.514 e. The monoisotopic (exact) mass is 1880 g/mol. The Morgan fingerprint density at radius 3 is 1.04 bits per heavy atom. The summed E-state index contributed by atoms with van der Waals surface area (Å²) in [5, 5.41) is 54.3. The molecule has 5 aromatic rings. The van der Waals surface area contributed by atoms with Crippen molar-refractivity contribution in [1.29, 1.82) is 0 Å². The van der Waals surface area contributed by atoms with Crippen molar-refractivity contribution >= 4 is 129 Å². The number of ketones is 3. The molecule has 11 N–H and O–H groups in total. The van der Waals surface area contributed by atoms with Crippen LogP contribution in [0, 0.1) is 27.9 Å². The van der Waals surface area contributed by atoms with E-state index in [0.29, 0.717) is 130 Å². The zero-order chi connectivity index (χ0) is 102. The van der Waals surface area contributed by atoms with Crippen molar-refractivity contribution in [3.63, 3.8) is 0 Å². The van der Waals surface area contributed by atoms with E-state index in [9.17, 15) is 100 Å². The highest BCUT2D eigenvalue weighted by Gasteiger charge is 2.32. The first-order chi connectivity index (χ1) is 64.3. The van der Waals surface area contributed by atoms with Gasteiger partial charge in [-0.05, 0) is 203 Å². The molecule has 134 heavy (non-hydrogen) atoms. The Hall–Kier alpha value is -14.0. The first kappa shape index (κ1) is 112. The van der Waals surface area contributed by atoms with Crippen LogP contribution >= 0.6 is 0 Å². The molecule has 730 valence electrons. The van der Waals surface area contributed by atoms with E-state index >= 15 is 0 Å².